The van der Waals surface area contributed by atoms with Gasteiger partial charge in [-0.25, -0.2) is 4.98 Å². The fourth-order valence-corrected chi connectivity index (χ4v) is 9.03. The molecule has 0 spiro atoms. The van der Waals surface area contributed by atoms with Gasteiger partial charge in [0.25, 0.3) is 0 Å². The van der Waals surface area contributed by atoms with Gasteiger partial charge in [-0.05, 0) is 121 Å². The van der Waals surface area contributed by atoms with Gasteiger partial charge in [-0.2, -0.15) is 0 Å². The second-order valence-corrected chi connectivity index (χ2v) is 16.0. The summed E-state index contributed by atoms with van der Waals surface area (Å²) in [6, 6.07) is 25.0. The van der Waals surface area contributed by atoms with Crippen LogP contribution in [0.5, 0.6) is 23.0 Å². The number of benzene rings is 3. The second-order valence-electron chi connectivity index (χ2n) is 15.1. The number of halogens is 1. The van der Waals surface area contributed by atoms with Crippen molar-refractivity contribution in [2.75, 3.05) is 33.8 Å². The van der Waals surface area contributed by atoms with Crippen molar-refractivity contribution in [2.45, 2.75) is 76.5 Å². The molecule has 0 unspecified atom stereocenters. The van der Waals surface area contributed by atoms with Crippen molar-refractivity contribution in [3.63, 3.8) is 0 Å². The maximum Gasteiger partial charge on any atom is 0.163 e. The number of hydrogen-bond donors (Lipinski definition) is 1. The molecule has 3 aromatic carbocycles. The highest BCUT2D eigenvalue weighted by molar-refractivity contribution is 9.10. The Labute approximate surface area is 336 Å². The molecule has 1 saturated carbocycles. The maximum atomic E-state index is 6.67. The van der Waals surface area contributed by atoms with Crippen molar-refractivity contribution in [1.29, 1.82) is 0 Å². The third-order valence-corrected chi connectivity index (χ3v) is 11.9. The van der Waals surface area contributed by atoms with E-state index in [-0.39, 0.29) is 18.2 Å². The maximum absolute atomic E-state index is 6.67. The first kappa shape index (κ1) is 38.1. The van der Waals surface area contributed by atoms with Crippen LogP contribution in [0.2, 0.25) is 0 Å². The van der Waals surface area contributed by atoms with Crippen LogP contribution < -0.4 is 24.3 Å². The van der Waals surface area contributed by atoms with Gasteiger partial charge in [0.2, 0.25) is 0 Å². The molecule has 8 rings (SSSR count). The van der Waals surface area contributed by atoms with Crippen LogP contribution in [0.4, 0.5) is 5.82 Å². The van der Waals surface area contributed by atoms with Crippen molar-refractivity contribution >= 4 is 43.6 Å². The molecule has 0 amide bonds. The molecular formula is C45H49BrN4O6. The number of methoxy groups -OCH3 is 4. The number of nitrogens with one attached hydrogen (secondary N) is 1. The van der Waals surface area contributed by atoms with E-state index in [9.17, 15) is 0 Å². The summed E-state index contributed by atoms with van der Waals surface area (Å²) in [5.74, 6) is 3.61. The van der Waals surface area contributed by atoms with Crippen molar-refractivity contribution < 1.29 is 28.4 Å². The Balaban J connectivity index is 0.979. The summed E-state index contributed by atoms with van der Waals surface area (Å²) in [4.78, 5) is 9.86. The zero-order valence-electron chi connectivity index (χ0n) is 32.8. The van der Waals surface area contributed by atoms with E-state index < -0.39 is 5.79 Å². The Morgan fingerprint density at radius 1 is 0.804 bits per heavy atom. The first-order valence-corrected chi connectivity index (χ1v) is 20.0. The van der Waals surface area contributed by atoms with Gasteiger partial charge in [-0.1, -0.05) is 18.2 Å². The minimum absolute atomic E-state index is 0.0107. The summed E-state index contributed by atoms with van der Waals surface area (Å²) >= 11 is 3.73. The van der Waals surface area contributed by atoms with E-state index in [4.69, 9.17) is 38.4 Å². The zero-order valence-corrected chi connectivity index (χ0v) is 34.4. The Bertz CT molecular complexity index is 2360. The SMILES string of the molecule is COc1ccc(CCc2nccc3c2ccn3[C@@H]2C[C@H](CCc3ccc4cc(Br)c(NCc5ccc(OC)cc5OC)nc4c3)[C@H]3OC(C)(C)O[C@H]32)c(OC)c1. The summed E-state index contributed by atoms with van der Waals surface area (Å²) in [7, 11) is 6.69. The standard InChI is InChI=1S/C45H49BrN4O6/c1-45(2)55-42-30(10-8-27-7-9-29-22-35(46)44(49-37(29)21-27)48-26-31-12-15-33(52-4)25-41(31)54-6)23-39(43(42)56-45)50-20-18-34-36(47-19-17-38(34)50)16-13-28-11-14-32(51-3)24-40(28)53-5/h7,9,11-12,14-15,17-22,24-25,30,39,42-43H,8,10,13,16,23,26H2,1-6H3,(H,48,49)/t30-,39+,42+,43-/m0/s1. The van der Waals surface area contributed by atoms with E-state index in [0.29, 0.717) is 12.5 Å². The number of ether oxygens (including phenoxy) is 6. The molecule has 4 heterocycles. The van der Waals surface area contributed by atoms with Crippen LogP contribution in [0.25, 0.3) is 21.8 Å². The van der Waals surface area contributed by atoms with Gasteiger partial charge in [-0.15, -0.1) is 0 Å². The number of pyridine rings is 2. The van der Waals surface area contributed by atoms with E-state index in [0.717, 1.165) is 93.1 Å². The highest BCUT2D eigenvalue weighted by Gasteiger charge is 2.54. The lowest BCUT2D eigenvalue weighted by Crippen LogP contribution is -2.27. The lowest BCUT2D eigenvalue weighted by atomic mass is 9.95. The number of aryl methyl sites for hydroxylation is 3. The number of anilines is 1. The number of hydrogen-bond acceptors (Lipinski definition) is 9. The fourth-order valence-electron chi connectivity index (χ4n) is 8.55. The van der Waals surface area contributed by atoms with Gasteiger partial charge in [0.05, 0.1) is 61.8 Å². The number of nitrogens with zero attached hydrogens (tertiary/aromatic N) is 3. The predicted molar refractivity (Wildman–Crippen MR) is 222 cm³/mol. The van der Waals surface area contributed by atoms with E-state index in [2.05, 4.69) is 74.5 Å². The molecule has 6 aromatic rings. The van der Waals surface area contributed by atoms with Gasteiger partial charge in [0.1, 0.15) is 34.9 Å². The molecule has 1 N–H and O–H groups in total. The van der Waals surface area contributed by atoms with Crippen LogP contribution >= 0.6 is 15.9 Å². The highest BCUT2D eigenvalue weighted by atomic mass is 79.9. The molecule has 3 aromatic heterocycles. The number of rotatable bonds is 14. The van der Waals surface area contributed by atoms with E-state index in [1.165, 1.54) is 16.5 Å². The van der Waals surface area contributed by atoms with Gasteiger partial charge >= 0.3 is 0 Å². The van der Waals surface area contributed by atoms with Crippen LogP contribution in [-0.2, 0) is 35.3 Å². The number of fused-ring (bicyclic) bond motifs is 3. The van der Waals surface area contributed by atoms with Crippen LogP contribution in [0.3, 0.4) is 0 Å². The normalized spacial score (nSPS) is 20.0. The largest absolute Gasteiger partial charge is 0.497 e. The summed E-state index contributed by atoms with van der Waals surface area (Å²) in [5, 5.41) is 5.75. The molecule has 1 aliphatic heterocycles. The quantitative estimate of drug-likeness (QED) is 0.115. The molecule has 56 heavy (non-hydrogen) atoms. The topological polar surface area (TPSA) is 98.1 Å². The van der Waals surface area contributed by atoms with Crippen LogP contribution in [-0.4, -0.2) is 61.0 Å². The fraction of sp³-hybridized carbons (Fsp3) is 0.378. The molecule has 11 heteroatoms. The summed E-state index contributed by atoms with van der Waals surface area (Å²) in [6.07, 6.45) is 8.59. The van der Waals surface area contributed by atoms with Crippen LogP contribution in [0.15, 0.2) is 89.7 Å². The Hall–Kier alpha value is -4.84. The molecule has 292 valence electrons. The van der Waals surface area contributed by atoms with Gasteiger partial charge in [-0.3, -0.25) is 4.98 Å². The molecule has 10 nitrogen and oxygen atoms in total. The van der Waals surface area contributed by atoms with Crippen LogP contribution in [0.1, 0.15) is 55.1 Å². The molecule has 2 aliphatic rings. The van der Waals surface area contributed by atoms with Crippen molar-refractivity contribution in [3.8, 4) is 23.0 Å². The van der Waals surface area contributed by atoms with Gasteiger partial charge in [0, 0.05) is 47.4 Å². The predicted octanol–water partition coefficient (Wildman–Crippen LogP) is 9.49. The second kappa shape index (κ2) is 16.0. The monoisotopic (exact) mass is 820 g/mol. The van der Waals surface area contributed by atoms with E-state index in [1.54, 1.807) is 28.4 Å². The minimum atomic E-state index is -0.640. The minimum Gasteiger partial charge on any atom is -0.497 e. The average Bonchev–Trinajstić information content (AvgIpc) is 3.88. The lowest BCUT2D eigenvalue weighted by molar-refractivity contribution is -0.160. The first-order valence-electron chi connectivity index (χ1n) is 19.2. The zero-order chi connectivity index (χ0) is 39.0. The van der Waals surface area contributed by atoms with Crippen molar-refractivity contribution in [2.24, 2.45) is 5.92 Å². The Morgan fingerprint density at radius 3 is 2.29 bits per heavy atom. The third kappa shape index (κ3) is 7.64. The van der Waals surface area contributed by atoms with E-state index >= 15 is 0 Å². The van der Waals surface area contributed by atoms with Crippen LogP contribution in [0, 0.1) is 5.92 Å². The Kier molecular flexibility index (Phi) is 10.8. The highest BCUT2D eigenvalue weighted by Crippen LogP contribution is 2.49. The summed E-state index contributed by atoms with van der Waals surface area (Å²) in [6.45, 7) is 4.62. The molecule has 2 fully saturated rings. The molecule has 0 bridgehead atoms. The molecule has 1 aliphatic carbocycles. The molecule has 0 radical (unpaired) electrons. The molecule has 1 saturated heterocycles. The molecular weight excluding hydrogens is 772 g/mol. The first-order chi connectivity index (χ1) is 27.2. The smallest absolute Gasteiger partial charge is 0.163 e. The van der Waals surface area contributed by atoms with Crippen molar-refractivity contribution in [1.82, 2.24) is 14.5 Å². The van der Waals surface area contributed by atoms with Gasteiger partial charge < -0.3 is 38.3 Å². The summed E-state index contributed by atoms with van der Waals surface area (Å²) in [5.41, 5.74) is 6.60. The summed E-state index contributed by atoms with van der Waals surface area (Å²) < 4.78 is 38.7. The third-order valence-electron chi connectivity index (χ3n) is 11.3. The van der Waals surface area contributed by atoms with E-state index in [1.807, 2.05) is 50.4 Å². The van der Waals surface area contributed by atoms with Gasteiger partial charge in [0.15, 0.2) is 5.79 Å². The number of aromatic nitrogens is 3. The lowest BCUT2D eigenvalue weighted by Gasteiger charge is -2.25. The van der Waals surface area contributed by atoms with Crippen molar-refractivity contribution in [3.05, 3.63) is 112 Å². The molecule has 4 atom stereocenters. The average molecular weight is 822 g/mol. The Morgan fingerprint density at radius 2 is 1.54 bits per heavy atom.